The lowest BCUT2D eigenvalue weighted by molar-refractivity contribution is -0.139. The third-order valence-electron chi connectivity index (χ3n) is 5.99. The van der Waals surface area contributed by atoms with Crippen molar-refractivity contribution in [3.05, 3.63) is 70.5 Å². The first-order valence-corrected chi connectivity index (χ1v) is 11.4. The van der Waals surface area contributed by atoms with Gasteiger partial charge in [0, 0.05) is 23.2 Å². The SMILES string of the molecule is C[C@H](C(=O)NC1CCCCC1)N(CCc1ccccc1)C(=O)Cc1c(F)cccc1Cl. The van der Waals surface area contributed by atoms with Crippen molar-refractivity contribution >= 4 is 23.4 Å². The number of hydrogen-bond donors (Lipinski definition) is 1. The Hall–Kier alpha value is -2.40. The molecule has 0 aliphatic heterocycles. The average molecular weight is 445 g/mol. The summed E-state index contributed by atoms with van der Waals surface area (Å²) in [6, 6.07) is 13.7. The van der Waals surface area contributed by atoms with Crippen LogP contribution in [0.15, 0.2) is 48.5 Å². The minimum absolute atomic E-state index is 0.159. The van der Waals surface area contributed by atoms with Crippen LogP contribution in [-0.4, -0.2) is 35.3 Å². The molecule has 0 aromatic heterocycles. The van der Waals surface area contributed by atoms with Gasteiger partial charge in [0.15, 0.2) is 0 Å². The number of amides is 2. The highest BCUT2D eigenvalue weighted by Crippen LogP contribution is 2.21. The molecule has 2 amide bonds. The van der Waals surface area contributed by atoms with Crippen LogP contribution >= 0.6 is 11.6 Å². The van der Waals surface area contributed by atoms with E-state index in [-0.39, 0.29) is 34.9 Å². The molecule has 6 heteroatoms. The first kappa shape index (κ1) is 23.3. The van der Waals surface area contributed by atoms with E-state index in [0.29, 0.717) is 13.0 Å². The lowest BCUT2D eigenvalue weighted by atomic mass is 9.95. The number of rotatable bonds is 8. The van der Waals surface area contributed by atoms with Gasteiger partial charge in [-0.1, -0.05) is 67.3 Å². The Kier molecular flexibility index (Phi) is 8.47. The molecule has 2 aromatic carbocycles. The molecular formula is C25H30ClFN2O2. The predicted octanol–water partition coefficient (Wildman–Crippen LogP) is 4.93. The van der Waals surface area contributed by atoms with Crippen LogP contribution in [0.25, 0.3) is 0 Å². The lowest BCUT2D eigenvalue weighted by Crippen LogP contribution is -2.51. The number of carbonyl (C=O) groups is 2. The van der Waals surface area contributed by atoms with E-state index in [4.69, 9.17) is 11.6 Å². The van der Waals surface area contributed by atoms with Crippen LogP contribution in [0.5, 0.6) is 0 Å². The third kappa shape index (κ3) is 6.54. The first-order valence-electron chi connectivity index (χ1n) is 11.0. The standard InChI is InChI=1S/C25H30ClFN2O2/c1-18(25(31)28-20-11-6-3-7-12-20)29(16-15-19-9-4-2-5-10-19)24(30)17-21-22(26)13-8-14-23(21)27/h2,4-5,8-10,13-14,18,20H,3,6-7,11-12,15-17H2,1H3,(H,28,31)/t18-/m1/s1. The summed E-state index contributed by atoms with van der Waals surface area (Å²) in [5, 5.41) is 3.32. The van der Waals surface area contributed by atoms with Crippen molar-refractivity contribution in [2.75, 3.05) is 6.54 Å². The molecule has 4 nitrogen and oxygen atoms in total. The highest BCUT2D eigenvalue weighted by molar-refractivity contribution is 6.31. The Labute approximate surface area is 188 Å². The Morgan fingerprint density at radius 2 is 1.81 bits per heavy atom. The maximum Gasteiger partial charge on any atom is 0.242 e. The lowest BCUT2D eigenvalue weighted by Gasteiger charge is -2.31. The summed E-state index contributed by atoms with van der Waals surface area (Å²) in [6.07, 6.45) is 5.80. The van der Waals surface area contributed by atoms with E-state index in [1.165, 1.54) is 18.6 Å². The number of benzene rings is 2. The highest BCUT2D eigenvalue weighted by Gasteiger charge is 2.28. The molecule has 1 N–H and O–H groups in total. The molecule has 0 saturated heterocycles. The van der Waals surface area contributed by atoms with Crippen molar-refractivity contribution in [1.29, 1.82) is 0 Å². The van der Waals surface area contributed by atoms with Gasteiger partial charge < -0.3 is 10.2 Å². The molecule has 166 valence electrons. The summed E-state index contributed by atoms with van der Waals surface area (Å²) < 4.78 is 14.3. The van der Waals surface area contributed by atoms with Crippen molar-refractivity contribution in [3.63, 3.8) is 0 Å². The minimum Gasteiger partial charge on any atom is -0.352 e. The van der Waals surface area contributed by atoms with E-state index in [0.717, 1.165) is 31.2 Å². The molecule has 0 heterocycles. The Morgan fingerprint density at radius 3 is 2.48 bits per heavy atom. The second-order valence-corrected chi connectivity index (χ2v) is 8.63. The van der Waals surface area contributed by atoms with Crippen molar-refractivity contribution < 1.29 is 14.0 Å². The van der Waals surface area contributed by atoms with Crippen LogP contribution in [0.4, 0.5) is 4.39 Å². The topological polar surface area (TPSA) is 49.4 Å². The third-order valence-corrected chi connectivity index (χ3v) is 6.35. The highest BCUT2D eigenvalue weighted by atomic mass is 35.5. The van der Waals surface area contributed by atoms with Crippen LogP contribution in [0.1, 0.15) is 50.2 Å². The molecule has 0 radical (unpaired) electrons. The van der Waals surface area contributed by atoms with Crippen molar-refractivity contribution in [2.45, 2.75) is 64.0 Å². The van der Waals surface area contributed by atoms with E-state index in [1.807, 2.05) is 30.3 Å². The Balaban J connectivity index is 1.74. The van der Waals surface area contributed by atoms with Crippen LogP contribution in [-0.2, 0) is 22.4 Å². The van der Waals surface area contributed by atoms with Gasteiger partial charge in [-0.15, -0.1) is 0 Å². The average Bonchev–Trinajstić information content (AvgIpc) is 2.77. The fraction of sp³-hybridized carbons (Fsp3) is 0.440. The van der Waals surface area contributed by atoms with Crippen molar-refractivity contribution in [2.24, 2.45) is 0 Å². The van der Waals surface area contributed by atoms with Gasteiger partial charge in [0.2, 0.25) is 11.8 Å². The van der Waals surface area contributed by atoms with Crippen LogP contribution < -0.4 is 5.32 Å². The summed E-state index contributed by atoms with van der Waals surface area (Å²) in [5.74, 6) is -0.981. The van der Waals surface area contributed by atoms with Gasteiger partial charge in [0.1, 0.15) is 11.9 Å². The minimum atomic E-state index is -0.649. The monoisotopic (exact) mass is 444 g/mol. The van der Waals surface area contributed by atoms with Crippen LogP contribution in [0.3, 0.4) is 0 Å². The molecule has 0 unspecified atom stereocenters. The van der Waals surface area contributed by atoms with Crippen molar-refractivity contribution in [1.82, 2.24) is 10.2 Å². The summed E-state index contributed by atoms with van der Waals surface area (Å²) >= 11 is 6.13. The summed E-state index contributed by atoms with van der Waals surface area (Å²) in [4.78, 5) is 27.7. The summed E-state index contributed by atoms with van der Waals surface area (Å²) in [6.45, 7) is 2.11. The molecule has 2 aromatic rings. The van der Waals surface area contributed by atoms with Gasteiger partial charge in [0.25, 0.3) is 0 Å². The largest absolute Gasteiger partial charge is 0.352 e. The number of nitrogens with zero attached hydrogens (tertiary/aromatic N) is 1. The molecule has 3 rings (SSSR count). The van der Waals surface area contributed by atoms with E-state index in [2.05, 4.69) is 5.32 Å². The summed E-state index contributed by atoms with van der Waals surface area (Å²) in [7, 11) is 0. The quantitative estimate of drug-likeness (QED) is 0.627. The molecule has 1 fully saturated rings. The van der Waals surface area contributed by atoms with Crippen LogP contribution in [0, 0.1) is 5.82 Å². The molecular weight excluding hydrogens is 415 g/mol. The molecule has 1 aliphatic rings. The molecule has 31 heavy (non-hydrogen) atoms. The molecule has 0 spiro atoms. The van der Waals surface area contributed by atoms with Gasteiger partial charge in [-0.2, -0.15) is 0 Å². The zero-order valence-corrected chi connectivity index (χ0v) is 18.7. The Bertz CT molecular complexity index is 864. The van der Waals surface area contributed by atoms with Gasteiger partial charge in [-0.25, -0.2) is 4.39 Å². The fourth-order valence-electron chi connectivity index (χ4n) is 4.09. The fourth-order valence-corrected chi connectivity index (χ4v) is 4.32. The first-order chi connectivity index (χ1) is 15.0. The number of carbonyl (C=O) groups excluding carboxylic acids is 2. The predicted molar refractivity (Wildman–Crippen MR) is 121 cm³/mol. The van der Waals surface area contributed by atoms with E-state index in [1.54, 1.807) is 17.9 Å². The zero-order valence-electron chi connectivity index (χ0n) is 17.9. The molecule has 1 saturated carbocycles. The zero-order chi connectivity index (χ0) is 22.2. The van der Waals surface area contributed by atoms with E-state index < -0.39 is 11.9 Å². The number of halogens is 2. The molecule has 1 atom stereocenters. The molecule has 0 bridgehead atoms. The van der Waals surface area contributed by atoms with Gasteiger partial charge in [-0.05, 0) is 43.9 Å². The van der Waals surface area contributed by atoms with Crippen LogP contribution in [0.2, 0.25) is 5.02 Å². The smallest absolute Gasteiger partial charge is 0.242 e. The van der Waals surface area contributed by atoms with E-state index in [9.17, 15) is 14.0 Å². The number of nitrogens with one attached hydrogen (secondary N) is 1. The van der Waals surface area contributed by atoms with Gasteiger partial charge in [-0.3, -0.25) is 9.59 Å². The second-order valence-electron chi connectivity index (χ2n) is 8.22. The number of hydrogen-bond acceptors (Lipinski definition) is 2. The van der Waals surface area contributed by atoms with Gasteiger partial charge >= 0.3 is 0 Å². The van der Waals surface area contributed by atoms with E-state index >= 15 is 0 Å². The van der Waals surface area contributed by atoms with Gasteiger partial charge in [0.05, 0.1) is 6.42 Å². The maximum absolute atomic E-state index is 14.3. The van der Waals surface area contributed by atoms with Crippen molar-refractivity contribution in [3.8, 4) is 0 Å². The normalized spacial score (nSPS) is 15.3. The molecule has 1 aliphatic carbocycles. The second kappa shape index (κ2) is 11.3. The Morgan fingerprint density at radius 1 is 1.10 bits per heavy atom. The maximum atomic E-state index is 14.3. The summed E-state index contributed by atoms with van der Waals surface area (Å²) in [5.41, 5.74) is 1.24.